The molecule has 0 atom stereocenters. The number of hydrogen-bond donors (Lipinski definition) is 0. The minimum Gasteiger partial charge on any atom is -0.378 e. The van der Waals surface area contributed by atoms with Crippen molar-refractivity contribution >= 4 is 28.8 Å². The predicted octanol–water partition coefficient (Wildman–Crippen LogP) is 4.96. The van der Waals surface area contributed by atoms with Gasteiger partial charge in [-0.1, -0.05) is 54.2 Å². The average Bonchev–Trinajstić information content (AvgIpc) is 3.34. The lowest BCUT2D eigenvalue weighted by Crippen LogP contribution is -2.08. The molecule has 4 rings (SSSR count). The monoisotopic (exact) mass is 407 g/mol. The number of thiazole rings is 1. The third kappa shape index (κ3) is 3.95. The highest BCUT2D eigenvalue weighted by Crippen LogP contribution is 2.29. The van der Waals surface area contributed by atoms with Gasteiger partial charge in [0, 0.05) is 49.1 Å². The van der Waals surface area contributed by atoms with Crippen LogP contribution >= 0.6 is 23.1 Å². The Bertz CT molecular complexity index is 1070. The van der Waals surface area contributed by atoms with Crippen molar-refractivity contribution in [3.63, 3.8) is 0 Å². The second kappa shape index (κ2) is 8.16. The molecule has 5 nitrogen and oxygen atoms in total. The number of thioether (sulfide) groups is 1. The summed E-state index contributed by atoms with van der Waals surface area (Å²) in [7, 11) is 6.08. The van der Waals surface area contributed by atoms with Crippen LogP contribution in [0.25, 0.3) is 22.0 Å². The van der Waals surface area contributed by atoms with Gasteiger partial charge in [-0.15, -0.1) is 21.5 Å². The molecule has 0 aliphatic carbocycles. The smallest absolute Gasteiger partial charge is 0.191 e. The topological polar surface area (TPSA) is 46.8 Å². The molecular formula is C21H21N5S2. The molecule has 0 saturated heterocycles. The van der Waals surface area contributed by atoms with Gasteiger partial charge in [-0.25, -0.2) is 4.98 Å². The van der Waals surface area contributed by atoms with Gasteiger partial charge in [-0.05, 0) is 12.1 Å². The molecule has 0 aliphatic rings. The Labute approximate surface area is 173 Å². The fourth-order valence-electron chi connectivity index (χ4n) is 2.84. The second-order valence-electron chi connectivity index (χ2n) is 6.61. The van der Waals surface area contributed by atoms with Crippen LogP contribution in [0.4, 0.5) is 5.69 Å². The van der Waals surface area contributed by atoms with Crippen LogP contribution in [0.3, 0.4) is 0 Å². The highest BCUT2D eigenvalue weighted by molar-refractivity contribution is 7.98. The van der Waals surface area contributed by atoms with Crippen molar-refractivity contribution in [1.29, 1.82) is 0 Å². The third-order valence-corrected chi connectivity index (χ3v) is 6.37. The summed E-state index contributed by atoms with van der Waals surface area (Å²) in [6.07, 6.45) is 0. The van der Waals surface area contributed by atoms with Crippen LogP contribution in [0.1, 0.15) is 5.69 Å². The molecule has 0 radical (unpaired) electrons. The molecular weight excluding hydrogens is 386 g/mol. The van der Waals surface area contributed by atoms with E-state index in [4.69, 9.17) is 4.98 Å². The molecule has 0 spiro atoms. The zero-order chi connectivity index (χ0) is 19.5. The van der Waals surface area contributed by atoms with Crippen LogP contribution in [0.2, 0.25) is 0 Å². The summed E-state index contributed by atoms with van der Waals surface area (Å²) in [6.45, 7) is 0. The molecule has 2 heterocycles. The molecule has 4 aromatic rings. The zero-order valence-electron chi connectivity index (χ0n) is 16.0. The van der Waals surface area contributed by atoms with Crippen molar-refractivity contribution in [2.75, 3.05) is 19.0 Å². The summed E-state index contributed by atoms with van der Waals surface area (Å²) < 4.78 is 2.05. The van der Waals surface area contributed by atoms with E-state index in [1.165, 1.54) is 0 Å². The van der Waals surface area contributed by atoms with Crippen LogP contribution in [0, 0.1) is 0 Å². The van der Waals surface area contributed by atoms with Crippen molar-refractivity contribution in [3.05, 3.63) is 65.7 Å². The molecule has 2 aromatic carbocycles. The first kappa shape index (κ1) is 18.7. The molecule has 0 saturated carbocycles. The van der Waals surface area contributed by atoms with E-state index < -0.39 is 0 Å². The highest BCUT2D eigenvalue weighted by Gasteiger charge is 2.13. The van der Waals surface area contributed by atoms with Gasteiger partial charge in [0.25, 0.3) is 0 Å². The summed E-state index contributed by atoms with van der Waals surface area (Å²) in [5.41, 5.74) is 4.43. The van der Waals surface area contributed by atoms with Crippen LogP contribution in [-0.2, 0) is 12.8 Å². The molecule has 28 heavy (non-hydrogen) atoms. The fourth-order valence-corrected chi connectivity index (χ4v) is 4.58. The normalized spacial score (nSPS) is 11.0. The van der Waals surface area contributed by atoms with E-state index in [-0.39, 0.29) is 0 Å². The van der Waals surface area contributed by atoms with Crippen LogP contribution in [0.15, 0.2) is 65.1 Å². The van der Waals surface area contributed by atoms with E-state index in [1.54, 1.807) is 23.1 Å². The first-order valence-electron chi connectivity index (χ1n) is 8.91. The minimum absolute atomic E-state index is 0.771. The first-order valence-corrected chi connectivity index (χ1v) is 10.8. The molecule has 142 valence electrons. The van der Waals surface area contributed by atoms with E-state index in [9.17, 15) is 0 Å². The predicted molar refractivity (Wildman–Crippen MR) is 118 cm³/mol. The van der Waals surface area contributed by atoms with Gasteiger partial charge in [-0.2, -0.15) is 0 Å². The number of hydrogen-bond acceptors (Lipinski definition) is 6. The second-order valence-corrected chi connectivity index (χ2v) is 8.41. The summed E-state index contributed by atoms with van der Waals surface area (Å²) in [4.78, 5) is 6.84. The lowest BCUT2D eigenvalue weighted by Gasteiger charge is -2.13. The van der Waals surface area contributed by atoms with Gasteiger partial charge in [0.1, 0.15) is 5.01 Å². The van der Waals surface area contributed by atoms with Crippen molar-refractivity contribution < 1.29 is 0 Å². The number of anilines is 1. The molecule has 0 unspecified atom stereocenters. The van der Waals surface area contributed by atoms with Crippen molar-refractivity contribution in [2.45, 2.75) is 10.9 Å². The van der Waals surface area contributed by atoms with E-state index in [2.05, 4.69) is 50.8 Å². The van der Waals surface area contributed by atoms with E-state index in [0.29, 0.717) is 0 Å². The van der Waals surface area contributed by atoms with Gasteiger partial charge in [0.15, 0.2) is 11.0 Å². The number of rotatable bonds is 6. The summed E-state index contributed by atoms with van der Waals surface area (Å²) in [5.74, 6) is 1.64. The highest BCUT2D eigenvalue weighted by atomic mass is 32.2. The lowest BCUT2D eigenvalue weighted by atomic mass is 10.2. The van der Waals surface area contributed by atoms with E-state index in [0.717, 1.165) is 44.2 Å². The Balaban J connectivity index is 1.48. The van der Waals surface area contributed by atoms with Gasteiger partial charge in [0.2, 0.25) is 0 Å². The SMILES string of the molecule is CN(C)c1cccc(-c2nnc(SCc3csc(-c4ccccc4)n3)n2C)c1. The molecule has 0 amide bonds. The lowest BCUT2D eigenvalue weighted by molar-refractivity contribution is 0.793. The maximum Gasteiger partial charge on any atom is 0.191 e. The minimum atomic E-state index is 0.771. The van der Waals surface area contributed by atoms with Gasteiger partial charge in [-0.3, -0.25) is 0 Å². The largest absolute Gasteiger partial charge is 0.378 e. The number of aromatic nitrogens is 4. The molecule has 2 aromatic heterocycles. The van der Waals surface area contributed by atoms with Crippen LogP contribution in [-0.4, -0.2) is 33.8 Å². The maximum atomic E-state index is 4.76. The van der Waals surface area contributed by atoms with E-state index in [1.807, 2.05) is 50.0 Å². The Kier molecular flexibility index (Phi) is 5.45. The fraction of sp³-hybridized carbons (Fsp3) is 0.190. The van der Waals surface area contributed by atoms with E-state index >= 15 is 0 Å². The Hall–Kier alpha value is -2.64. The number of benzene rings is 2. The van der Waals surface area contributed by atoms with Gasteiger partial charge < -0.3 is 9.47 Å². The number of nitrogens with zero attached hydrogens (tertiary/aromatic N) is 5. The summed E-state index contributed by atoms with van der Waals surface area (Å²) in [5, 5.41) is 12.8. The first-order chi connectivity index (χ1) is 13.6. The molecule has 0 aliphatic heterocycles. The Morgan fingerprint density at radius 2 is 1.79 bits per heavy atom. The molecule has 7 heteroatoms. The third-order valence-electron chi connectivity index (χ3n) is 4.38. The van der Waals surface area contributed by atoms with Gasteiger partial charge in [0.05, 0.1) is 5.69 Å². The maximum absolute atomic E-state index is 4.76. The Morgan fingerprint density at radius 3 is 2.57 bits per heavy atom. The molecule has 0 bridgehead atoms. The Morgan fingerprint density at radius 1 is 1.00 bits per heavy atom. The van der Waals surface area contributed by atoms with Crippen molar-refractivity contribution in [3.8, 4) is 22.0 Å². The summed E-state index contributed by atoms with van der Waals surface area (Å²) >= 11 is 3.33. The van der Waals surface area contributed by atoms with Crippen LogP contribution < -0.4 is 4.90 Å². The standard InChI is InChI=1S/C21H21N5S2/c1-25(2)18-11-7-10-16(12-18)19-23-24-21(26(19)3)28-14-17-13-27-20(22-17)15-8-5-4-6-9-15/h4-13H,14H2,1-3H3. The van der Waals surface area contributed by atoms with Gasteiger partial charge >= 0.3 is 0 Å². The quantitative estimate of drug-likeness (QED) is 0.423. The molecule has 0 fully saturated rings. The van der Waals surface area contributed by atoms with Crippen molar-refractivity contribution in [2.24, 2.45) is 7.05 Å². The zero-order valence-corrected chi connectivity index (χ0v) is 17.7. The molecule has 0 N–H and O–H groups in total. The summed E-state index contributed by atoms with van der Waals surface area (Å²) in [6, 6.07) is 18.6. The van der Waals surface area contributed by atoms with Crippen LogP contribution in [0.5, 0.6) is 0 Å². The van der Waals surface area contributed by atoms with Crippen molar-refractivity contribution in [1.82, 2.24) is 19.7 Å². The average molecular weight is 408 g/mol.